The smallest absolute Gasteiger partial charge is 0.263 e. The van der Waals surface area contributed by atoms with Crippen molar-refractivity contribution in [1.29, 1.82) is 0 Å². The molecule has 0 spiro atoms. The van der Waals surface area contributed by atoms with Crippen molar-refractivity contribution in [3.63, 3.8) is 0 Å². The lowest BCUT2D eigenvalue weighted by atomic mass is 10.1. The molecule has 0 aromatic rings. The lowest BCUT2D eigenvalue weighted by Crippen LogP contribution is -2.57. The minimum Gasteiger partial charge on any atom is -0.491 e. The van der Waals surface area contributed by atoms with E-state index >= 15 is 0 Å². The second kappa shape index (κ2) is 5.01. The van der Waals surface area contributed by atoms with Crippen molar-refractivity contribution < 1.29 is 14.1 Å². The first-order valence-electron chi connectivity index (χ1n) is 6.46. The van der Waals surface area contributed by atoms with E-state index < -0.39 is 0 Å². The van der Waals surface area contributed by atoms with Gasteiger partial charge in [0, 0.05) is 13.8 Å². The number of nitrogens with one attached hydrogen (secondary N) is 1. The summed E-state index contributed by atoms with van der Waals surface area (Å²) in [6.45, 7) is 5.54. The van der Waals surface area contributed by atoms with Gasteiger partial charge in [-0.3, -0.25) is 4.79 Å². The van der Waals surface area contributed by atoms with Crippen LogP contribution in [-0.4, -0.2) is 23.4 Å². The zero-order chi connectivity index (χ0) is 14.0. The molecule has 2 rings (SSSR count). The normalized spacial score (nSPS) is 24.8. The van der Waals surface area contributed by atoms with Crippen LogP contribution in [0.1, 0.15) is 33.6 Å². The molecule has 0 aromatic carbocycles. The second-order valence-electron chi connectivity index (χ2n) is 4.67. The Balaban J connectivity index is 2.56. The zero-order valence-corrected chi connectivity index (χ0v) is 11.9. The van der Waals surface area contributed by atoms with Gasteiger partial charge in [0.05, 0.1) is 7.11 Å². The third-order valence-corrected chi connectivity index (χ3v) is 3.26. The molecule has 2 heterocycles. The van der Waals surface area contributed by atoms with Crippen LogP contribution in [0, 0.1) is 0 Å². The average molecular weight is 262 g/mol. The Morgan fingerprint density at radius 3 is 2.84 bits per heavy atom. The Morgan fingerprint density at radius 2 is 2.26 bits per heavy atom. The number of hydrogen-bond donors (Lipinski definition) is 1. The van der Waals surface area contributed by atoms with E-state index in [1.807, 2.05) is 25.3 Å². The van der Waals surface area contributed by atoms with Gasteiger partial charge >= 0.3 is 0 Å². The van der Waals surface area contributed by atoms with E-state index in [2.05, 4.69) is 17.3 Å². The molecule has 19 heavy (non-hydrogen) atoms. The maximum absolute atomic E-state index is 11.6. The first-order chi connectivity index (χ1) is 9.05. The molecular weight excluding hydrogens is 242 g/mol. The fourth-order valence-electron chi connectivity index (χ4n) is 2.53. The topological polar surface area (TPSA) is 50.7 Å². The van der Waals surface area contributed by atoms with Gasteiger partial charge < -0.3 is 4.74 Å². The van der Waals surface area contributed by atoms with Crippen LogP contribution in [0.5, 0.6) is 0 Å². The van der Waals surface area contributed by atoms with Crippen molar-refractivity contribution in [2.45, 2.75) is 33.6 Å². The fraction of sp³-hybridized carbons (Fsp3) is 0.429. The Labute approximate surface area is 113 Å². The Bertz CT molecular complexity index is 529. The standard InChI is InChI=1S/C14H19N3O2/c1-5-7-12-14-13(19-4)8-6-9-17(14,10(2)15-12)16-11(3)18/h6,8-9H,5,7H2,1-4H3/p+1. The van der Waals surface area contributed by atoms with E-state index in [-0.39, 0.29) is 10.5 Å². The predicted octanol–water partition coefficient (Wildman–Crippen LogP) is 2.36. The number of rotatable bonds is 4. The first-order valence-corrected chi connectivity index (χ1v) is 6.46. The number of ether oxygens (including phenoxy) is 1. The number of amides is 1. The molecule has 0 saturated carbocycles. The van der Waals surface area contributed by atoms with Crippen LogP contribution in [0.2, 0.25) is 0 Å². The minimum absolute atomic E-state index is 0.105. The highest BCUT2D eigenvalue weighted by molar-refractivity contribution is 5.82. The molecule has 0 saturated heterocycles. The number of nitrogens with zero attached hydrogens (tertiary/aromatic N) is 2. The maximum Gasteiger partial charge on any atom is 0.263 e. The SMILES string of the molecule is CCCC1=C2C(OC)=CC=C[N+]2(NC(C)=O)C(C)=N1. The summed E-state index contributed by atoms with van der Waals surface area (Å²) in [5.41, 5.74) is 4.86. The van der Waals surface area contributed by atoms with Gasteiger partial charge in [0.25, 0.3) is 5.91 Å². The highest BCUT2D eigenvalue weighted by Crippen LogP contribution is 2.38. The summed E-state index contributed by atoms with van der Waals surface area (Å²) in [4.78, 5) is 16.2. The summed E-state index contributed by atoms with van der Waals surface area (Å²) in [5.74, 6) is 1.47. The summed E-state index contributed by atoms with van der Waals surface area (Å²) in [6, 6.07) is 0. The Morgan fingerprint density at radius 1 is 1.53 bits per heavy atom. The van der Waals surface area contributed by atoms with Crippen molar-refractivity contribution in [2.75, 3.05) is 7.11 Å². The average Bonchev–Trinajstić information content (AvgIpc) is 2.62. The fourth-order valence-corrected chi connectivity index (χ4v) is 2.53. The molecule has 0 aromatic heterocycles. The number of hydrogen-bond acceptors (Lipinski definition) is 3. The summed E-state index contributed by atoms with van der Waals surface area (Å²) in [7, 11) is 1.64. The molecule has 5 nitrogen and oxygen atoms in total. The molecular formula is C14H20N3O2+. The molecule has 0 aliphatic carbocycles. The van der Waals surface area contributed by atoms with Crippen LogP contribution in [0.15, 0.2) is 40.5 Å². The summed E-state index contributed by atoms with van der Waals surface area (Å²) < 4.78 is 5.59. The van der Waals surface area contributed by atoms with Crippen molar-refractivity contribution in [3.05, 3.63) is 35.5 Å². The Kier molecular flexibility index (Phi) is 3.57. The molecule has 0 fully saturated rings. The zero-order valence-electron chi connectivity index (χ0n) is 11.9. The lowest BCUT2D eigenvalue weighted by Gasteiger charge is -2.32. The number of carbonyl (C=O) groups excluding carboxylic acids is 1. The van der Waals surface area contributed by atoms with Crippen LogP contribution in [0.25, 0.3) is 0 Å². The molecule has 102 valence electrons. The number of quaternary nitrogens is 1. The van der Waals surface area contributed by atoms with E-state index in [4.69, 9.17) is 4.74 Å². The highest BCUT2D eigenvalue weighted by atomic mass is 16.5. The van der Waals surface area contributed by atoms with E-state index in [0.717, 1.165) is 35.8 Å². The summed E-state index contributed by atoms with van der Waals surface area (Å²) in [6.07, 6.45) is 7.56. The van der Waals surface area contributed by atoms with Crippen LogP contribution < -0.4 is 5.43 Å². The van der Waals surface area contributed by atoms with Crippen LogP contribution >= 0.6 is 0 Å². The van der Waals surface area contributed by atoms with Crippen molar-refractivity contribution in [2.24, 2.45) is 4.99 Å². The van der Waals surface area contributed by atoms with Crippen LogP contribution in [-0.2, 0) is 9.53 Å². The van der Waals surface area contributed by atoms with Crippen LogP contribution in [0.3, 0.4) is 0 Å². The van der Waals surface area contributed by atoms with Gasteiger partial charge in [-0.25, -0.2) is 0 Å². The predicted molar refractivity (Wildman–Crippen MR) is 73.4 cm³/mol. The number of carbonyl (C=O) groups is 1. The molecule has 0 bridgehead atoms. The molecule has 1 N–H and O–H groups in total. The maximum atomic E-state index is 11.6. The molecule has 2 aliphatic heterocycles. The van der Waals surface area contributed by atoms with Crippen molar-refractivity contribution in [3.8, 4) is 0 Å². The number of allylic oxidation sites excluding steroid dienone is 3. The van der Waals surface area contributed by atoms with Gasteiger partial charge in [-0.2, -0.15) is 10.4 Å². The number of aliphatic imine (C=N–C) groups is 1. The third kappa shape index (κ3) is 2.10. The molecule has 2 aliphatic rings. The Hall–Kier alpha value is -1.88. The monoisotopic (exact) mass is 262 g/mol. The molecule has 1 atom stereocenters. The van der Waals surface area contributed by atoms with Crippen molar-refractivity contribution in [1.82, 2.24) is 5.43 Å². The van der Waals surface area contributed by atoms with Crippen LogP contribution in [0.4, 0.5) is 0 Å². The van der Waals surface area contributed by atoms with E-state index in [9.17, 15) is 4.79 Å². The van der Waals surface area contributed by atoms with Crippen molar-refractivity contribution >= 4 is 11.7 Å². The largest absolute Gasteiger partial charge is 0.491 e. The molecule has 5 heteroatoms. The molecule has 1 amide bonds. The van der Waals surface area contributed by atoms with E-state index in [0.29, 0.717) is 0 Å². The summed E-state index contributed by atoms with van der Waals surface area (Å²) in [5, 5.41) is 0. The van der Waals surface area contributed by atoms with Gasteiger partial charge in [0.1, 0.15) is 11.9 Å². The van der Waals surface area contributed by atoms with E-state index in [1.54, 1.807) is 7.11 Å². The summed E-state index contributed by atoms with van der Waals surface area (Å²) >= 11 is 0. The van der Waals surface area contributed by atoms with Gasteiger partial charge in [0.15, 0.2) is 5.76 Å². The van der Waals surface area contributed by atoms with Gasteiger partial charge in [-0.15, -0.1) is 4.59 Å². The molecule has 1 unspecified atom stereocenters. The minimum atomic E-state index is -0.105. The quantitative estimate of drug-likeness (QED) is 0.791. The number of amidine groups is 1. The van der Waals surface area contributed by atoms with Gasteiger partial charge in [0.2, 0.25) is 11.5 Å². The lowest BCUT2D eigenvalue weighted by molar-refractivity contribution is -0.784. The first kappa shape index (κ1) is 13.5. The number of methoxy groups -OCH3 is 1. The third-order valence-electron chi connectivity index (χ3n) is 3.26. The molecule has 0 radical (unpaired) electrons. The van der Waals surface area contributed by atoms with E-state index in [1.165, 1.54) is 6.92 Å². The van der Waals surface area contributed by atoms with Gasteiger partial charge in [-0.1, -0.05) is 13.3 Å². The van der Waals surface area contributed by atoms with Gasteiger partial charge in [-0.05, 0) is 18.6 Å². The number of fused-ring (bicyclic) bond motifs is 1. The second-order valence-corrected chi connectivity index (χ2v) is 4.67. The highest BCUT2D eigenvalue weighted by Gasteiger charge is 2.47.